The fourth-order valence-electron chi connectivity index (χ4n) is 2.41. The summed E-state index contributed by atoms with van der Waals surface area (Å²) in [6.07, 6.45) is 5.64. The first kappa shape index (κ1) is 15.2. The van der Waals surface area contributed by atoms with Crippen LogP contribution >= 0.6 is 0 Å². The van der Waals surface area contributed by atoms with Crippen molar-refractivity contribution in [2.24, 2.45) is 5.92 Å². The average molecular weight is 291 g/mol. The van der Waals surface area contributed by atoms with Crippen LogP contribution in [0.2, 0.25) is 0 Å². The van der Waals surface area contributed by atoms with Crippen molar-refractivity contribution in [1.82, 2.24) is 24.8 Å². The van der Waals surface area contributed by atoms with Crippen LogP contribution in [0.5, 0.6) is 0 Å². The second kappa shape index (κ2) is 6.51. The van der Waals surface area contributed by atoms with Crippen LogP contribution in [0, 0.1) is 5.92 Å². The Morgan fingerprint density at radius 3 is 2.76 bits per heavy atom. The van der Waals surface area contributed by atoms with Crippen molar-refractivity contribution in [1.29, 1.82) is 0 Å². The van der Waals surface area contributed by atoms with Crippen molar-refractivity contribution < 1.29 is 9.90 Å². The van der Waals surface area contributed by atoms with Crippen molar-refractivity contribution in [2.45, 2.75) is 46.7 Å². The lowest BCUT2D eigenvalue weighted by Gasteiger charge is -2.11. The molecule has 7 heteroatoms. The van der Waals surface area contributed by atoms with Crippen LogP contribution in [0.25, 0.3) is 11.3 Å². The molecule has 1 unspecified atom stereocenters. The summed E-state index contributed by atoms with van der Waals surface area (Å²) in [7, 11) is 0. The quantitative estimate of drug-likeness (QED) is 0.846. The number of nitrogens with zero attached hydrogens (tertiary/aromatic N) is 5. The predicted molar refractivity (Wildman–Crippen MR) is 77.9 cm³/mol. The van der Waals surface area contributed by atoms with E-state index in [-0.39, 0.29) is 5.69 Å². The highest BCUT2D eigenvalue weighted by molar-refractivity contribution is 5.92. The summed E-state index contributed by atoms with van der Waals surface area (Å²) in [6, 6.07) is 0. The average Bonchev–Trinajstić information content (AvgIpc) is 3.04. The molecule has 0 bridgehead atoms. The van der Waals surface area contributed by atoms with Gasteiger partial charge < -0.3 is 5.11 Å². The molecule has 0 radical (unpaired) electrons. The van der Waals surface area contributed by atoms with E-state index < -0.39 is 5.97 Å². The number of aromatic carboxylic acids is 1. The Labute approximate surface area is 123 Å². The highest BCUT2D eigenvalue weighted by Crippen LogP contribution is 2.23. The molecule has 1 atom stereocenters. The maximum Gasteiger partial charge on any atom is 0.358 e. The molecule has 0 amide bonds. The fourth-order valence-corrected chi connectivity index (χ4v) is 2.41. The van der Waals surface area contributed by atoms with E-state index in [1.54, 1.807) is 15.6 Å². The van der Waals surface area contributed by atoms with Gasteiger partial charge in [0.15, 0.2) is 5.69 Å². The molecule has 0 aliphatic rings. The van der Waals surface area contributed by atoms with Crippen LogP contribution in [0.1, 0.15) is 44.1 Å². The van der Waals surface area contributed by atoms with Gasteiger partial charge in [-0.25, -0.2) is 9.48 Å². The SMILES string of the molecule is CCCC(C)Cn1nnc(C(=O)O)c1-c1cnn(CC)c1. The van der Waals surface area contributed by atoms with E-state index in [9.17, 15) is 9.90 Å². The van der Waals surface area contributed by atoms with Crippen LogP contribution in [-0.4, -0.2) is 35.9 Å². The van der Waals surface area contributed by atoms with Crippen molar-refractivity contribution in [3.8, 4) is 11.3 Å². The van der Waals surface area contributed by atoms with Gasteiger partial charge in [-0.1, -0.05) is 25.5 Å². The van der Waals surface area contributed by atoms with Gasteiger partial charge in [0.1, 0.15) is 5.69 Å². The van der Waals surface area contributed by atoms with Crippen molar-refractivity contribution in [2.75, 3.05) is 0 Å². The molecule has 0 aromatic carbocycles. The largest absolute Gasteiger partial charge is 0.476 e. The van der Waals surface area contributed by atoms with E-state index in [0.29, 0.717) is 18.2 Å². The predicted octanol–water partition coefficient (Wildman–Crippen LogP) is 2.30. The van der Waals surface area contributed by atoms with E-state index in [1.807, 2.05) is 13.1 Å². The lowest BCUT2D eigenvalue weighted by molar-refractivity contribution is 0.0691. The van der Waals surface area contributed by atoms with Gasteiger partial charge in [-0.15, -0.1) is 5.10 Å². The van der Waals surface area contributed by atoms with Crippen molar-refractivity contribution in [3.05, 3.63) is 18.1 Å². The molecular weight excluding hydrogens is 270 g/mol. The van der Waals surface area contributed by atoms with Gasteiger partial charge in [0.25, 0.3) is 0 Å². The first-order valence-electron chi connectivity index (χ1n) is 7.26. The molecule has 0 saturated heterocycles. The Morgan fingerprint density at radius 2 is 2.19 bits per heavy atom. The molecule has 0 fully saturated rings. The highest BCUT2D eigenvalue weighted by atomic mass is 16.4. The first-order valence-corrected chi connectivity index (χ1v) is 7.26. The van der Waals surface area contributed by atoms with Crippen LogP contribution < -0.4 is 0 Å². The summed E-state index contributed by atoms with van der Waals surface area (Å²) in [6.45, 7) is 7.63. The minimum atomic E-state index is -1.07. The summed E-state index contributed by atoms with van der Waals surface area (Å²) in [5.74, 6) is -0.651. The number of hydrogen-bond donors (Lipinski definition) is 1. The maximum absolute atomic E-state index is 11.4. The van der Waals surface area contributed by atoms with Gasteiger partial charge in [-0.05, 0) is 19.3 Å². The topological polar surface area (TPSA) is 85.8 Å². The fraction of sp³-hybridized carbons (Fsp3) is 0.571. The molecule has 0 saturated carbocycles. The second-order valence-electron chi connectivity index (χ2n) is 5.25. The Morgan fingerprint density at radius 1 is 1.43 bits per heavy atom. The zero-order valence-electron chi connectivity index (χ0n) is 12.7. The van der Waals surface area contributed by atoms with Crippen molar-refractivity contribution in [3.63, 3.8) is 0 Å². The first-order chi connectivity index (χ1) is 10.1. The zero-order valence-corrected chi connectivity index (χ0v) is 12.7. The lowest BCUT2D eigenvalue weighted by atomic mass is 10.1. The molecule has 114 valence electrons. The molecule has 21 heavy (non-hydrogen) atoms. The molecule has 7 nitrogen and oxygen atoms in total. The Balaban J connectivity index is 2.40. The third-order valence-corrected chi connectivity index (χ3v) is 3.43. The van der Waals surface area contributed by atoms with Gasteiger partial charge in [0.2, 0.25) is 0 Å². The standard InChI is InChI=1S/C14H21N5O2/c1-4-6-10(3)8-19-13(12(14(20)21)16-17-19)11-7-15-18(5-2)9-11/h7,9-10H,4-6,8H2,1-3H3,(H,20,21). The normalized spacial score (nSPS) is 12.5. The van der Waals surface area contributed by atoms with E-state index in [2.05, 4.69) is 29.3 Å². The molecule has 2 aromatic rings. The Bertz CT molecular complexity index is 617. The zero-order chi connectivity index (χ0) is 15.4. The summed E-state index contributed by atoms with van der Waals surface area (Å²) < 4.78 is 3.44. The van der Waals surface area contributed by atoms with Crippen LogP contribution in [0.15, 0.2) is 12.4 Å². The molecular formula is C14H21N5O2. The highest BCUT2D eigenvalue weighted by Gasteiger charge is 2.22. The van der Waals surface area contributed by atoms with E-state index in [1.165, 1.54) is 0 Å². The lowest BCUT2D eigenvalue weighted by Crippen LogP contribution is -2.11. The summed E-state index contributed by atoms with van der Waals surface area (Å²) >= 11 is 0. The van der Waals surface area contributed by atoms with Crippen LogP contribution in [0.4, 0.5) is 0 Å². The van der Waals surface area contributed by atoms with Gasteiger partial charge in [-0.3, -0.25) is 4.68 Å². The molecule has 2 aromatic heterocycles. The van der Waals surface area contributed by atoms with Gasteiger partial charge >= 0.3 is 5.97 Å². The van der Waals surface area contributed by atoms with Gasteiger partial charge in [0, 0.05) is 24.8 Å². The number of rotatable bonds is 7. The van der Waals surface area contributed by atoms with Crippen LogP contribution in [0.3, 0.4) is 0 Å². The summed E-state index contributed by atoms with van der Waals surface area (Å²) in [5, 5.41) is 21.3. The number of carboxylic acid groups (broad SMARTS) is 1. The van der Waals surface area contributed by atoms with Crippen LogP contribution in [-0.2, 0) is 13.1 Å². The molecule has 0 aliphatic carbocycles. The van der Waals surface area contributed by atoms with E-state index >= 15 is 0 Å². The summed E-state index contributed by atoms with van der Waals surface area (Å²) in [4.78, 5) is 11.4. The number of aryl methyl sites for hydroxylation is 1. The minimum Gasteiger partial charge on any atom is -0.476 e. The third kappa shape index (κ3) is 3.29. The molecule has 0 aliphatic heterocycles. The molecule has 2 rings (SSSR count). The summed E-state index contributed by atoms with van der Waals surface area (Å²) in [5.41, 5.74) is 1.25. The van der Waals surface area contributed by atoms with Crippen molar-refractivity contribution >= 4 is 5.97 Å². The molecule has 0 spiro atoms. The minimum absolute atomic E-state index is 0.0191. The number of aromatic nitrogens is 5. The Hall–Kier alpha value is -2.18. The Kier molecular flexibility index (Phi) is 4.72. The number of hydrogen-bond acceptors (Lipinski definition) is 4. The van der Waals surface area contributed by atoms with E-state index in [0.717, 1.165) is 24.9 Å². The smallest absolute Gasteiger partial charge is 0.358 e. The van der Waals surface area contributed by atoms with Gasteiger partial charge in [-0.2, -0.15) is 5.10 Å². The van der Waals surface area contributed by atoms with E-state index in [4.69, 9.17) is 0 Å². The molecule has 2 heterocycles. The number of carboxylic acids is 1. The molecule has 1 N–H and O–H groups in total. The second-order valence-corrected chi connectivity index (χ2v) is 5.25. The van der Waals surface area contributed by atoms with Gasteiger partial charge in [0.05, 0.1) is 6.20 Å². The maximum atomic E-state index is 11.4. The number of carbonyl (C=O) groups is 1. The monoisotopic (exact) mass is 291 g/mol. The third-order valence-electron chi connectivity index (χ3n) is 3.43.